The fraction of sp³-hybridized carbons (Fsp3) is 0.300. The summed E-state index contributed by atoms with van der Waals surface area (Å²) in [6.07, 6.45) is 1.65. The molecule has 0 unspecified atom stereocenters. The number of nitrogens with one attached hydrogen (secondary N) is 1. The van der Waals surface area contributed by atoms with Crippen LogP contribution >= 0.6 is 15.9 Å². The van der Waals surface area contributed by atoms with Gasteiger partial charge in [-0.15, -0.1) is 0 Å². The van der Waals surface area contributed by atoms with Crippen molar-refractivity contribution in [2.24, 2.45) is 7.05 Å². The molecule has 0 spiro atoms. The Balaban J connectivity index is 2.46. The zero-order valence-corrected chi connectivity index (χ0v) is 10.2. The zero-order valence-electron chi connectivity index (χ0n) is 8.62. The van der Waals surface area contributed by atoms with Gasteiger partial charge in [0.25, 0.3) is 0 Å². The van der Waals surface area contributed by atoms with Gasteiger partial charge in [0.2, 0.25) is 0 Å². The lowest BCUT2D eigenvalue weighted by Crippen LogP contribution is -2.09. The average molecular weight is 270 g/mol. The molecule has 2 rings (SSSR count). The Hall–Kier alpha value is -1.07. The van der Waals surface area contributed by atoms with Crippen LogP contribution in [0.1, 0.15) is 5.69 Å². The monoisotopic (exact) mass is 269 g/mol. The fourth-order valence-electron chi connectivity index (χ4n) is 1.48. The second-order valence-electron chi connectivity index (χ2n) is 3.24. The van der Waals surface area contributed by atoms with Crippen molar-refractivity contribution in [3.05, 3.63) is 28.7 Å². The third-order valence-electron chi connectivity index (χ3n) is 2.25. The van der Waals surface area contributed by atoms with Crippen molar-refractivity contribution in [3.8, 4) is 11.6 Å². The van der Waals surface area contributed by atoms with Crippen molar-refractivity contribution < 1.29 is 4.42 Å². The number of nitrogens with zero attached hydrogens (tertiary/aromatic N) is 2. The second kappa shape index (κ2) is 4.20. The van der Waals surface area contributed by atoms with Gasteiger partial charge >= 0.3 is 0 Å². The zero-order chi connectivity index (χ0) is 10.8. The van der Waals surface area contributed by atoms with Gasteiger partial charge in [-0.2, -0.15) is 0 Å². The molecule has 0 aliphatic carbocycles. The molecule has 4 nitrogen and oxygen atoms in total. The normalized spacial score (nSPS) is 10.9. The first-order valence-electron chi connectivity index (χ1n) is 4.63. The van der Waals surface area contributed by atoms with Crippen LogP contribution in [0.15, 0.2) is 27.4 Å². The Morgan fingerprint density at radius 1 is 1.60 bits per heavy atom. The van der Waals surface area contributed by atoms with Crippen molar-refractivity contribution in [2.45, 2.75) is 6.54 Å². The molecule has 0 aliphatic rings. The SMILES string of the molecule is CNCc1c(Br)nc(-c2ccco2)n1C. The van der Waals surface area contributed by atoms with E-state index in [4.69, 9.17) is 4.42 Å². The van der Waals surface area contributed by atoms with E-state index < -0.39 is 0 Å². The molecular formula is C10H12BrN3O. The molecule has 5 heteroatoms. The molecule has 1 N–H and O–H groups in total. The molecule has 2 aromatic rings. The van der Waals surface area contributed by atoms with Crippen LogP contribution in [0.2, 0.25) is 0 Å². The first-order valence-corrected chi connectivity index (χ1v) is 5.43. The van der Waals surface area contributed by atoms with Gasteiger partial charge in [-0.05, 0) is 35.1 Å². The van der Waals surface area contributed by atoms with Crippen molar-refractivity contribution in [3.63, 3.8) is 0 Å². The molecule has 80 valence electrons. The Labute approximate surface area is 96.4 Å². The van der Waals surface area contributed by atoms with Crippen LogP contribution in [0.5, 0.6) is 0 Å². The van der Waals surface area contributed by atoms with E-state index in [1.165, 1.54) is 0 Å². The van der Waals surface area contributed by atoms with Crippen molar-refractivity contribution in [1.29, 1.82) is 0 Å². The van der Waals surface area contributed by atoms with Gasteiger partial charge in [0.05, 0.1) is 12.0 Å². The van der Waals surface area contributed by atoms with Gasteiger partial charge in [0, 0.05) is 13.6 Å². The molecular weight excluding hydrogens is 258 g/mol. The number of furan rings is 1. The topological polar surface area (TPSA) is 43.0 Å². The standard InChI is InChI=1S/C10H12BrN3O/c1-12-6-7-9(11)13-10(14(7)2)8-4-3-5-15-8/h3-5,12H,6H2,1-2H3. The van der Waals surface area contributed by atoms with E-state index in [1.54, 1.807) is 6.26 Å². The number of imidazole rings is 1. The lowest BCUT2D eigenvalue weighted by atomic mass is 10.4. The maximum atomic E-state index is 5.32. The number of halogens is 1. The number of hydrogen-bond acceptors (Lipinski definition) is 3. The molecule has 0 saturated heterocycles. The quantitative estimate of drug-likeness (QED) is 0.929. The fourth-order valence-corrected chi connectivity index (χ4v) is 2.06. The van der Waals surface area contributed by atoms with Gasteiger partial charge in [0.1, 0.15) is 4.60 Å². The molecule has 15 heavy (non-hydrogen) atoms. The summed E-state index contributed by atoms with van der Waals surface area (Å²) < 4.78 is 8.19. The Morgan fingerprint density at radius 2 is 2.40 bits per heavy atom. The van der Waals surface area contributed by atoms with Gasteiger partial charge in [0.15, 0.2) is 11.6 Å². The molecule has 0 amide bonds. The molecule has 0 atom stereocenters. The van der Waals surface area contributed by atoms with Crippen LogP contribution in [0.3, 0.4) is 0 Å². The summed E-state index contributed by atoms with van der Waals surface area (Å²) in [5.41, 5.74) is 1.10. The average Bonchev–Trinajstić information content (AvgIpc) is 2.81. The lowest BCUT2D eigenvalue weighted by molar-refractivity contribution is 0.572. The smallest absolute Gasteiger partial charge is 0.177 e. The molecule has 2 heterocycles. The van der Waals surface area contributed by atoms with E-state index in [1.807, 2.05) is 30.8 Å². The number of hydrogen-bond donors (Lipinski definition) is 1. The summed E-state index contributed by atoms with van der Waals surface area (Å²) in [5, 5.41) is 3.10. The molecule has 0 aliphatic heterocycles. The van der Waals surface area contributed by atoms with E-state index in [0.717, 1.165) is 28.4 Å². The van der Waals surface area contributed by atoms with E-state index in [0.29, 0.717) is 0 Å². The van der Waals surface area contributed by atoms with Crippen LogP contribution < -0.4 is 5.32 Å². The minimum Gasteiger partial charge on any atom is -0.461 e. The maximum absolute atomic E-state index is 5.32. The van der Waals surface area contributed by atoms with Gasteiger partial charge in [-0.3, -0.25) is 0 Å². The van der Waals surface area contributed by atoms with E-state index >= 15 is 0 Å². The summed E-state index contributed by atoms with van der Waals surface area (Å²) in [7, 11) is 3.88. The maximum Gasteiger partial charge on any atom is 0.177 e. The highest BCUT2D eigenvalue weighted by molar-refractivity contribution is 9.10. The van der Waals surface area contributed by atoms with Gasteiger partial charge in [-0.25, -0.2) is 4.98 Å². The summed E-state index contributed by atoms with van der Waals surface area (Å²) in [6, 6.07) is 3.76. The van der Waals surface area contributed by atoms with Crippen molar-refractivity contribution >= 4 is 15.9 Å². The molecule has 2 aromatic heterocycles. The van der Waals surface area contributed by atoms with Crippen LogP contribution in [0.25, 0.3) is 11.6 Å². The third-order valence-corrected chi connectivity index (χ3v) is 2.89. The Morgan fingerprint density at radius 3 is 3.00 bits per heavy atom. The minimum atomic E-state index is 0.769. The number of rotatable bonds is 3. The summed E-state index contributed by atoms with van der Waals surface area (Å²) in [4.78, 5) is 4.42. The van der Waals surface area contributed by atoms with Gasteiger partial charge in [-0.1, -0.05) is 0 Å². The first kappa shape index (κ1) is 10.4. The van der Waals surface area contributed by atoms with Crippen LogP contribution in [0, 0.1) is 0 Å². The molecule has 0 bridgehead atoms. The molecule has 0 fully saturated rings. The lowest BCUT2D eigenvalue weighted by Gasteiger charge is -2.03. The molecule has 0 saturated carbocycles. The largest absolute Gasteiger partial charge is 0.461 e. The highest BCUT2D eigenvalue weighted by Crippen LogP contribution is 2.24. The Kier molecular flexibility index (Phi) is 2.93. The third kappa shape index (κ3) is 1.85. The summed E-state index contributed by atoms with van der Waals surface area (Å²) >= 11 is 3.44. The Bertz CT molecular complexity index is 447. The number of aromatic nitrogens is 2. The predicted molar refractivity (Wildman–Crippen MR) is 61.4 cm³/mol. The van der Waals surface area contributed by atoms with Crippen LogP contribution in [0.4, 0.5) is 0 Å². The summed E-state index contributed by atoms with van der Waals surface area (Å²) in [6.45, 7) is 0.769. The summed E-state index contributed by atoms with van der Waals surface area (Å²) in [5.74, 6) is 1.61. The minimum absolute atomic E-state index is 0.769. The molecule has 0 aromatic carbocycles. The van der Waals surface area contributed by atoms with E-state index in [9.17, 15) is 0 Å². The van der Waals surface area contributed by atoms with Crippen LogP contribution in [-0.2, 0) is 13.6 Å². The van der Waals surface area contributed by atoms with Gasteiger partial charge < -0.3 is 14.3 Å². The van der Waals surface area contributed by atoms with Crippen molar-refractivity contribution in [2.75, 3.05) is 7.05 Å². The first-order chi connectivity index (χ1) is 7.24. The highest BCUT2D eigenvalue weighted by atomic mass is 79.9. The molecule has 0 radical (unpaired) electrons. The van der Waals surface area contributed by atoms with E-state index in [-0.39, 0.29) is 0 Å². The predicted octanol–water partition coefficient (Wildman–Crippen LogP) is 2.16. The van der Waals surface area contributed by atoms with E-state index in [2.05, 4.69) is 26.2 Å². The second-order valence-corrected chi connectivity index (χ2v) is 3.99. The highest BCUT2D eigenvalue weighted by Gasteiger charge is 2.14. The van der Waals surface area contributed by atoms with Crippen molar-refractivity contribution in [1.82, 2.24) is 14.9 Å². The van der Waals surface area contributed by atoms with Crippen LogP contribution in [-0.4, -0.2) is 16.6 Å².